The molecule has 9 heteroatoms. The maximum atomic E-state index is 12.8. The number of hydrogen-bond acceptors (Lipinski definition) is 2. The van der Waals surface area contributed by atoms with Gasteiger partial charge in [-0.3, -0.25) is 4.79 Å². The summed E-state index contributed by atoms with van der Waals surface area (Å²) in [7, 11) is 0. The largest absolute Gasteiger partial charge is 0.481 e. The van der Waals surface area contributed by atoms with Gasteiger partial charge >= 0.3 is 18.3 Å². The van der Waals surface area contributed by atoms with Crippen molar-refractivity contribution >= 4 is 5.97 Å². The molecule has 136 valence electrons. The molecule has 0 aromatic heterocycles. The number of carboxylic acids is 1. The summed E-state index contributed by atoms with van der Waals surface area (Å²) < 4.78 is 76.7. The van der Waals surface area contributed by atoms with Crippen LogP contribution >= 0.6 is 0 Å². The van der Waals surface area contributed by atoms with E-state index in [0.717, 1.165) is 0 Å². The van der Waals surface area contributed by atoms with E-state index in [9.17, 15) is 31.1 Å². The first-order valence-corrected chi connectivity index (χ1v) is 7.05. The molecular formula is C15H17F6NO2. The number of alkyl halides is 6. The third kappa shape index (κ3) is 5.70. The number of aliphatic carboxylic acids is 1. The summed E-state index contributed by atoms with van der Waals surface area (Å²) in [4.78, 5) is 10.9. The van der Waals surface area contributed by atoms with Gasteiger partial charge in [0.05, 0.1) is 17.0 Å². The lowest BCUT2D eigenvalue weighted by atomic mass is 9.89. The Morgan fingerprint density at radius 2 is 1.54 bits per heavy atom. The van der Waals surface area contributed by atoms with Gasteiger partial charge in [-0.15, -0.1) is 0 Å². The summed E-state index contributed by atoms with van der Waals surface area (Å²) in [5.74, 6) is -2.49. The van der Waals surface area contributed by atoms with E-state index in [4.69, 9.17) is 10.8 Å². The lowest BCUT2D eigenvalue weighted by Gasteiger charge is -2.18. The van der Waals surface area contributed by atoms with Gasteiger partial charge in [-0.05, 0) is 42.5 Å². The highest BCUT2D eigenvalue weighted by Crippen LogP contribution is 2.37. The maximum Gasteiger partial charge on any atom is 0.416 e. The molecule has 3 N–H and O–H groups in total. The van der Waals surface area contributed by atoms with Crippen LogP contribution in [-0.4, -0.2) is 17.6 Å². The van der Waals surface area contributed by atoms with Crippen LogP contribution in [0.3, 0.4) is 0 Å². The Morgan fingerprint density at radius 1 is 1.08 bits per heavy atom. The molecule has 3 nitrogen and oxygen atoms in total. The van der Waals surface area contributed by atoms with Crippen molar-refractivity contribution in [2.24, 2.45) is 17.6 Å². The van der Waals surface area contributed by atoms with E-state index in [1.54, 1.807) is 6.92 Å². The zero-order chi connectivity index (χ0) is 18.7. The number of halogens is 6. The van der Waals surface area contributed by atoms with Gasteiger partial charge in [-0.2, -0.15) is 26.3 Å². The molecule has 0 radical (unpaired) electrons. The summed E-state index contributed by atoms with van der Waals surface area (Å²) in [6.45, 7) is 1.40. The zero-order valence-electron chi connectivity index (χ0n) is 12.7. The van der Waals surface area contributed by atoms with Gasteiger partial charge in [0.25, 0.3) is 0 Å². The molecule has 2 unspecified atom stereocenters. The van der Waals surface area contributed by atoms with Gasteiger partial charge in [0.1, 0.15) is 0 Å². The van der Waals surface area contributed by atoms with E-state index in [1.807, 2.05) is 0 Å². The molecule has 0 aliphatic carbocycles. The quantitative estimate of drug-likeness (QED) is 0.758. The van der Waals surface area contributed by atoms with Crippen molar-refractivity contribution in [2.75, 3.05) is 6.54 Å². The second-order valence-electron chi connectivity index (χ2n) is 5.73. The fourth-order valence-electron chi connectivity index (χ4n) is 2.41. The first kappa shape index (κ1) is 20.3. The van der Waals surface area contributed by atoms with Crippen LogP contribution in [0.2, 0.25) is 0 Å². The Kier molecular flexibility index (Phi) is 6.26. The van der Waals surface area contributed by atoms with Crippen molar-refractivity contribution < 1.29 is 36.2 Å². The molecule has 2 atom stereocenters. The number of hydrogen-bond donors (Lipinski definition) is 2. The SMILES string of the molecule is CC(Cc1cc(C(F)(F)F)cc(C(F)(F)F)c1)CC(CN)C(=O)O. The minimum atomic E-state index is -4.90. The van der Waals surface area contributed by atoms with E-state index in [-0.39, 0.29) is 31.0 Å². The smallest absolute Gasteiger partial charge is 0.416 e. The highest BCUT2D eigenvalue weighted by atomic mass is 19.4. The van der Waals surface area contributed by atoms with Crippen LogP contribution in [0.15, 0.2) is 18.2 Å². The molecule has 0 saturated carbocycles. The topological polar surface area (TPSA) is 63.3 Å². The van der Waals surface area contributed by atoms with Crippen molar-refractivity contribution in [3.05, 3.63) is 34.9 Å². The minimum absolute atomic E-state index is 0.0590. The second kappa shape index (κ2) is 7.42. The summed E-state index contributed by atoms with van der Waals surface area (Å²) in [6.07, 6.45) is -9.86. The van der Waals surface area contributed by atoms with Gasteiger partial charge < -0.3 is 10.8 Å². The number of nitrogens with two attached hydrogens (primary N) is 1. The number of benzene rings is 1. The number of carboxylic acid groups (broad SMARTS) is 1. The van der Waals surface area contributed by atoms with Crippen LogP contribution in [0.1, 0.15) is 30.0 Å². The molecule has 0 fully saturated rings. The highest BCUT2D eigenvalue weighted by molar-refractivity contribution is 5.70. The van der Waals surface area contributed by atoms with E-state index < -0.39 is 41.3 Å². The number of rotatable bonds is 6. The molecule has 0 spiro atoms. The first-order chi connectivity index (χ1) is 10.8. The van der Waals surface area contributed by atoms with E-state index in [0.29, 0.717) is 12.1 Å². The van der Waals surface area contributed by atoms with Crippen molar-refractivity contribution in [1.29, 1.82) is 0 Å². The highest BCUT2D eigenvalue weighted by Gasteiger charge is 2.37. The average Bonchev–Trinajstić information content (AvgIpc) is 2.42. The fraction of sp³-hybridized carbons (Fsp3) is 0.533. The predicted octanol–water partition coefficient (Wildman–Crippen LogP) is 3.95. The molecule has 0 aliphatic heterocycles. The summed E-state index contributed by atoms with van der Waals surface area (Å²) in [5.41, 5.74) is 2.39. The normalized spacial score (nSPS) is 15.2. The minimum Gasteiger partial charge on any atom is -0.481 e. The van der Waals surface area contributed by atoms with Crippen LogP contribution < -0.4 is 5.73 Å². The first-order valence-electron chi connectivity index (χ1n) is 7.05. The Hall–Kier alpha value is -1.77. The van der Waals surface area contributed by atoms with Gasteiger partial charge in [0, 0.05) is 6.54 Å². The van der Waals surface area contributed by atoms with Crippen molar-refractivity contribution in [2.45, 2.75) is 32.1 Å². The monoisotopic (exact) mass is 357 g/mol. The average molecular weight is 357 g/mol. The van der Waals surface area contributed by atoms with Gasteiger partial charge in [-0.25, -0.2) is 0 Å². The Balaban J connectivity index is 3.08. The maximum absolute atomic E-state index is 12.8. The Morgan fingerprint density at radius 3 is 1.88 bits per heavy atom. The molecule has 0 heterocycles. The third-order valence-electron chi connectivity index (χ3n) is 3.55. The Labute approximate surface area is 134 Å². The van der Waals surface area contributed by atoms with Crippen molar-refractivity contribution in [3.63, 3.8) is 0 Å². The molecule has 1 aromatic carbocycles. The van der Waals surface area contributed by atoms with Gasteiger partial charge in [0.2, 0.25) is 0 Å². The zero-order valence-corrected chi connectivity index (χ0v) is 12.7. The molecule has 1 aromatic rings. The summed E-state index contributed by atoms with van der Waals surface area (Å²) in [5, 5.41) is 8.91. The van der Waals surface area contributed by atoms with Crippen LogP contribution in [0.4, 0.5) is 26.3 Å². The lowest BCUT2D eigenvalue weighted by Crippen LogP contribution is -2.25. The molecule has 1 rings (SSSR count). The molecular weight excluding hydrogens is 340 g/mol. The molecule has 0 bridgehead atoms. The number of carbonyl (C=O) groups is 1. The van der Waals surface area contributed by atoms with Crippen LogP contribution in [0.5, 0.6) is 0 Å². The summed E-state index contributed by atoms with van der Waals surface area (Å²) >= 11 is 0. The van der Waals surface area contributed by atoms with Gasteiger partial charge in [-0.1, -0.05) is 6.92 Å². The van der Waals surface area contributed by atoms with Crippen molar-refractivity contribution in [3.8, 4) is 0 Å². The standard InChI is InChI=1S/C15H17F6NO2/c1-8(3-10(7-22)13(23)24)2-9-4-11(14(16,17)18)6-12(5-9)15(19,20)21/h4-6,8,10H,2-3,7,22H2,1H3,(H,23,24). The molecule has 0 saturated heterocycles. The lowest BCUT2D eigenvalue weighted by molar-refractivity contribution is -0.143. The molecule has 0 aliphatic rings. The van der Waals surface area contributed by atoms with E-state index in [1.165, 1.54) is 0 Å². The van der Waals surface area contributed by atoms with Crippen molar-refractivity contribution in [1.82, 2.24) is 0 Å². The van der Waals surface area contributed by atoms with E-state index >= 15 is 0 Å². The molecule has 0 amide bonds. The summed E-state index contributed by atoms with van der Waals surface area (Å²) in [6, 6.07) is 1.38. The third-order valence-corrected chi connectivity index (χ3v) is 3.55. The van der Waals surface area contributed by atoms with Crippen LogP contribution in [-0.2, 0) is 23.6 Å². The van der Waals surface area contributed by atoms with Crippen LogP contribution in [0, 0.1) is 11.8 Å². The fourth-order valence-corrected chi connectivity index (χ4v) is 2.41. The Bertz CT molecular complexity index is 550. The second-order valence-corrected chi connectivity index (χ2v) is 5.73. The van der Waals surface area contributed by atoms with Crippen LogP contribution in [0.25, 0.3) is 0 Å². The predicted molar refractivity (Wildman–Crippen MR) is 74.1 cm³/mol. The van der Waals surface area contributed by atoms with Gasteiger partial charge in [0.15, 0.2) is 0 Å². The van der Waals surface area contributed by atoms with E-state index in [2.05, 4.69) is 0 Å². The molecule has 24 heavy (non-hydrogen) atoms.